The van der Waals surface area contributed by atoms with Gasteiger partial charge in [-0.05, 0) is 57.0 Å². The van der Waals surface area contributed by atoms with E-state index in [1.807, 2.05) is 36.9 Å². The number of piperazine rings is 1. The van der Waals surface area contributed by atoms with Crippen molar-refractivity contribution in [3.05, 3.63) is 48.0 Å². The quantitative estimate of drug-likeness (QED) is 0.453. The van der Waals surface area contributed by atoms with Crippen LogP contribution in [0.3, 0.4) is 0 Å². The fourth-order valence-corrected chi connectivity index (χ4v) is 4.90. The van der Waals surface area contributed by atoms with Crippen LogP contribution in [-0.2, 0) is 0 Å². The van der Waals surface area contributed by atoms with Crippen LogP contribution >= 0.6 is 0 Å². The first-order valence-corrected chi connectivity index (χ1v) is 12.9. The van der Waals surface area contributed by atoms with Crippen molar-refractivity contribution in [2.75, 3.05) is 44.3 Å². The van der Waals surface area contributed by atoms with Crippen LogP contribution in [0, 0.1) is 0 Å². The van der Waals surface area contributed by atoms with Crippen LogP contribution in [-0.4, -0.2) is 65.3 Å². The predicted octanol–water partition coefficient (Wildman–Crippen LogP) is 4.55. The molecule has 1 amide bonds. The Morgan fingerprint density at radius 3 is 2.44 bits per heavy atom. The van der Waals surface area contributed by atoms with Crippen molar-refractivity contribution in [1.29, 1.82) is 0 Å². The lowest BCUT2D eigenvalue weighted by molar-refractivity contribution is 0.0746. The molecule has 1 aliphatic heterocycles. The van der Waals surface area contributed by atoms with Gasteiger partial charge in [0.1, 0.15) is 5.82 Å². The van der Waals surface area contributed by atoms with Crippen molar-refractivity contribution in [2.45, 2.75) is 45.4 Å². The fraction of sp³-hybridized carbons (Fsp3) is 0.481. The standard InChI is InChI=1S/C27H33N5O4/c1-3-34-22-11-9-20(17-23(22)35-4-2)27(33)32-15-13-31(14-16-32)24-12-10-21(18-28-24)25-29-26(36-30-25)19-7-5-6-8-19/h9-12,17-19H,3-8,13-16H2,1-2H3. The minimum Gasteiger partial charge on any atom is -0.490 e. The number of anilines is 1. The van der Waals surface area contributed by atoms with Gasteiger partial charge in [-0.15, -0.1) is 0 Å². The molecule has 5 rings (SSSR count). The highest BCUT2D eigenvalue weighted by Crippen LogP contribution is 2.34. The van der Waals surface area contributed by atoms with Crippen LogP contribution in [0.1, 0.15) is 61.7 Å². The summed E-state index contributed by atoms with van der Waals surface area (Å²) in [5, 5.41) is 4.16. The van der Waals surface area contributed by atoms with Crippen molar-refractivity contribution in [3.8, 4) is 22.9 Å². The highest BCUT2D eigenvalue weighted by molar-refractivity contribution is 5.95. The lowest BCUT2D eigenvalue weighted by atomic mass is 10.1. The lowest BCUT2D eigenvalue weighted by Gasteiger charge is -2.35. The number of pyridine rings is 1. The zero-order valence-electron chi connectivity index (χ0n) is 21.0. The lowest BCUT2D eigenvalue weighted by Crippen LogP contribution is -2.49. The van der Waals surface area contributed by atoms with Gasteiger partial charge in [0.2, 0.25) is 11.7 Å². The Labute approximate surface area is 211 Å². The molecule has 3 heterocycles. The Morgan fingerprint density at radius 1 is 1.00 bits per heavy atom. The molecular formula is C27H33N5O4. The molecule has 1 aromatic carbocycles. The van der Waals surface area contributed by atoms with Crippen molar-refractivity contribution >= 4 is 11.7 Å². The summed E-state index contributed by atoms with van der Waals surface area (Å²) in [6, 6.07) is 9.36. The minimum atomic E-state index is -0.00266. The molecule has 3 aromatic rings. The van der Waals surface area contributed by atoms with Gasteiger partial charge in [0.15, 0.2) is 11.5 Å². The van der Waals surface area contributed by atoms with E-state index in [4.69, 9.17) is 14.0 Å². The Balaban J connectivity index is 1.19. The Hall–Kier alpha value is -3.62. The third-order valence-corrected chi connectivity index (χ3v) is 6.83. The molecule has 0 atom stereocenters. The number of carbonyl (C=O) groups is 1. The zero-order chi connectivity index (χ0) is 24.9. The molecular weight excluding hydrogens is 458 g/mol. The van der Waals surface area contributed by atoms with Gasteiger partial charge in [-0.2, -0.15) is 4.98 Å². The van der Waals surface area contributed by atoms with Gasteiger partial charge in [-0.25, -0.2) is 4.98 Å². The summed E-state index contributed by atoms with van der Waals surface area (Å²) in [7, 11) is 0. The van der Waals surface area contributed by atoms with Crippen LogP contribution in [0.25, 0.3) is 11.4 Å². The second-order valence-electron chi connectivity index (χ2n) is 9.15. The van der Waals surface area contributed by atoms with Gasteiger partial charge in [0, 0.05) is 49.4 Å². The minimum absolute atomic E-state index is 0.00266. The molecule has 0 unspecified atom stereocenters. The van der Waals surface area contributed by atoms with Crippen LogP contribution in [0.15, 0.2) is 41.1 Å². The maximum absolute atomic E-state index is 13.1. The number of carbonyl (C=O) groups excluding carboxylic acids is 1. The zero-order valence-corrected chi connectivity index (χ0v) is 21.0. The molecule has 0 N–H and O–H groups in total. The molecule has 1 saturated carbocycles. The molecule has 0 bridgehead atoms. The van der Waals surface area contributed by atoms with Gasteiger partial charge >= 0.3 is 0 Å². The average molecular weight is 492 g/mol. The molecule has 2 fully saturated rings. The van der Waals surface area contributed by atoms with Gasteiger partial charge in [0.05, 0.1) is 13.2 Å². The van der Waals surface area contributed by atoms with Crippen molar-refractivity contribution in [2.24, 2.45) is 0 Å². The highest BCUT2D eigenvalue weighted by atomic mass is 16.5. The third-order valence-electron chi connectivity index (χ3n) is 6.83. The van der Waals surface area contributed by atoms with E-state index < -0.39 is 0 Å². The van der Waals surface area contributed by atoms with Gasteiger partial charge in [-0.3, -0.25) is 4.79 Å². The Morgan fingerprint density at radius 2 is 1.75 bits per heavy atom. The van der Waals surface area contributed by atoms with Crippen LogP contribution in [0.5, 0.6) is 11.5 Å². The summed E-state index contributed by atoms with van der Waals surface area (Å²) in [5.74, 6) is 3.87. The molecule has 2 aromatic heterocycles. The molecule has 1 saturated heterocycles. The molecule has 9 heteroatoms. The first kappa shape index (κ1) is 24.1. The predicted molar refractivity (Wildman–Crippen MR) is 136 cm³/mol. The number of ether oxygens (including phenoxy) is 2. The molecule has 9 nitrogen and oxygen atoms in total. The van der Waals surface area contributed by atoms with E-state index in [1.54, 1.807) is 18.3 Å². The number of aromatic nitrogens is 3. The number of benzene rings is 1. The Bertz CT molecular complexity index is 1170. The largest absolute Gasteiger partial charge is 0.490 e. The van der Waals surface area contributed by atoms with E-state index in [-0.39, 0.29) is 5.91 Å². The summed E-state index contributed by atoms with van der Waals surface area (Å²) < 4.78 is 16.8. The second-order valence-corrected chi connectivity index (χ2v) is 9.15. The first-order chi connectivity index (χ1) is 17.7. The summed E-state index contributed by atoms with van der Waals surface area (Å²) >= 11 is 0. The van der Waals surface area contributed by atoms with E-state index in [9.17, 15) is 4.79 Å². The number of amides is 1. The van der Waals surface area contributed by atoms with E-state index >= 15 is 0 Å². The van der Waals surface area contributed by atoms with Crippen molar-refractivity contribution < 1.29 is 18.8 Å². The number of hydrogen-bond donors (Lipinski definition) is 0. The summed E-state index contributed by atoms with van der Waals surface area (Å²) in [5.41, 5.74) is 1.45. The second kappa shape index (κ2) is 11.0. The van der Waals surface area contributed by atoms with Gasteiger partial charge < -0.3 is 23.8 Å². The molecule has 1 aliphatic carbocycles. The van der Waals surface area contributed by atoms with Crippen LogP contribution in [0.2, 0.25) is 0 Å². The molecule has 36 heavy (non-hydrogen) atoms. The summed E-state index contributed by atoms with van der Waals surface area (Å²) in [4.78, 5) is 26.5. The average Bonchev–Trinajstić information content (AvgIpc) is 3.63. The number of hydrogen-bond acceptors (Lipinski definition) is 8. The molecule has 0 radical (unpaired) electrons. The molecule has 2 aliphatic rings. The monoisotopic (exact) mass is 491 g/mol. The van der Waals surface area contributed by atoms with Crippen LogP contribution < -0.4 is 14.4 Å². The fourth-order valence-electron chi connectivity index (χ4n) is 4.90. The van der Waals surface area contributed by atoms with E-state index in [0.717, 1.165) is 30.1 Å². The number of nitrogens with zero attached hydrogens (tertiary/aromatic N) is 5. The smallest absolute Gasteiger partial charge is 0.254 e. The van der Waals surface area contributed by atoms with E-state index in [2.05, 4.69) is 20.0 Å². The van der Waals surface area contributed by atoms with Gasteiger partial charge in [0.25, 0.3) is 5.91 Å². The van der Waals surface area contributed by atoms with Crippen LogP contribution in [0.4, 0.5) is 5.82 Å². The van der Waals surface area contributed by atoms with Crippen molar-refractivity contribution in [3.63, 3.8) is 0 Å². The highest BCUT2D eigenvalue weighted by Gasteiger charge is 2.25. The molecule has 190 valence electrons. The first-order valence-electron chi connectivity index (χ1n) is 12.9. The SMILES string of the molecule is CCOc1ccc(C(=O)N2CCN(c3ccc(-c4noc(C5CCCC5)n4)cn3)CC2)cc1OCC. The third kappa shape index (κ3) is 5.15. The Kier molecular flexibility index (Phi) is 7.34. The normalized spacial score (nSPS) is 16.4. The summed E-state index contributed by atoms with van der Waals surface area (Å²) in [6.07, 6.45) is 6.50. The maximum Gasteiger partial charge on any atom is 0.254 e. The maximum atomic E-state index is 13.1. The van der Waals surface area contributed by atoms with E-state index in [1.165, 1.54) is 12.8 Å². The number of rotatable bonds is 8. The summed E-state index contributed by atoms with van der Waals surface area (Å²) in [6.45, 7) is 7.55. The van der Waals surface area contributed by atoms with E-state index in [0.29, 0.717) is 68.2 Å². The molecule has 0 spiro atoms. The van der Waals surface area contributed by atoms with Crippen molar-refractivity contribution in [1.82, 2.24) is 20.0 Å². The van der Waals surface area contributed by atoms with Gasteiger partial charge in [-0.1, -0.05) is 18.0 Å². The topological polar surface area (TPSA) is 93.8 Å².